The summed E-state index contributed by atoms with van der Waals surface area (Å²) in [4.78, 5) is 14.7. The van der Waals surface area contributed by atoms with Crippen molar-refractivity contribution in [1.29, 1.82) is 0 Å². The van der Waals surface area contributed by atoms with Gasteiger partial charge in [0.05, 0.1) is 23.7 Å². The lowest BCUT2D eigenvalue weighted by Gasteiger charge is -2.16. The van der Waals surface area contributed by atoms with E-state index in [2.05, 4.69) is 15.3 Å². The van der Waals surface area contributed by atoms with Crippen molar-refractivity contribution in [2.24, 2.45) is 5.41 Å². The molecule has 1 aliphatic carbocycles. The van der Waals surface area contributed by atoms with Gasteiger partial charge in [0.25, 0.3) is 5.91 Å². The Morgan fingerprint density at radius 3 is 2.90 bits per heavy atom. The number of aryl methyl sites for hydroxylation is 1. The molecule has 4 rings (SSSR count). The maximum atomic E-state index is 12.7. The Morgan fingerprint density at radius 1 is 1.38 bits per heavy atom. The Bertz CT molecular complexity index is 682. The van der Waals surface area contributed by atoms with Crippen molar-refractivity contribution in [2.45, 2.75) is 32.7 Å². The Balaban J connectivity index is 1.61. The maximum Gasteiger partial charge on any atom is 0.257 e. The van der Waals surface area contributed by atoms with Gasteiger partial charge >= 0.3 is 0 Å². The Morgan fingerprint density at radius 2 is 2.24 bits per heavy atom. The first-order valence-corrected chi connectivity index (χ1v) is 7.56. The number of hydrogen-bond donors (Lipinski definition) is 1. The number of likely N-dealkylation sites (tertiary alicyclic amines) is 1. The summed E-state index contributed by atoms with van der Waals surface area (Å²) in [7, 11) is 0. The highest BCUT2D eigenvalue weighted by Crippen LogP contribution is 2.52. The molecule has 2 aromatic heterocycles. The van der Waals surface area contributed by atoms with Gasteiger partial charge < -0.3 is 4.90 Å². The number of amides is 1. The van der Waals surface area contributed by atoms with E-state index in [1.54, 1.807) is 12.4 Å². The zero-order chi connectivity index (χ0) is 14.4. The van der Waals surface area contributed by atoms with Crippen LogP contribution in [-0.4, -0.2) is 43.9 Å². The molecule has 1 spiro atoms. The third kappa shape index (κ3) is 2.05. The molecule has 1 saturated carbocycles. The standard InChI is InChI=1S/C15H19N5O/c1-2-20-9-11(7-17-20)13-12(8-16-18-13)14(21)19-6-5-15(10-19)3-4-15/h7-9H,2-6,10H2,1H3,(H,16,18). The molecule has 1 saturated heterocycles. The number of carbonyl (C=O) groups is 1. The predicted octanol–water partition coefficient (Wildman–Crippen LogP) is 1.92. The van der Waals surface area contributed by atoms with Crippen LogP contribution < -0.4 is 0 Å². The molecule has 0 radical (unpaired) electrons. The molecular weight excluding hydrogens is 266 g/mol. The van der Waals surface area contributed by atoms with Gasteiger partial charge in [-0.1, -0.05) is 0 Å². The topological polar surface area (TPSA) is 66.8 Å². The van der Waals surface area contributed by atoms with Crippen molar-refractivity contribution in [1.82, 2.24) is 24.9 Å². The van der Waals surface area contributed by atoms with Crippen LogP contribution in [0.2, 0.25) is 0 Å². The van der Waals surface area contributed by atoms with Crippen molar-refractivity contribution in [3.05, 3.63) is 24.2 Å². The molecule has 2 aliphatic rings. The molecular formula is C15H19N5O. The van der Waals surface area contributed by atoms with Gasteiger partial charge in [-0.05, 0) is 31.6 Å². The van der Waals surface area contributed by atoms with Gasteiger partial charge in [0.2, 0.25) is 0 Å². The molecule has 1 amide bonds. The quantitative estimate of drug-likeness (QED) is 0.937. The predicted molar refractivity (Wildman–Crippen MR) is 77.7 cm³/mol. The molecule has 1 aliphatic heterocycles. The average molecular weight is 285 g/mol. The van der Waals surface area contributed by atoms with Crippen LogP contribution in [0.3, 0.4) is 0 Å². The molecule has 6 nitrogen and oxygen atoms in total. The van der Waals surface area contributed by atoms with Gasteiger partial charge in [-0.25, -0.2) is 0 Å². The average Bonchev–Trinajstić information content (AvgIpc) is 2.96. The van der Waals surface area contributed by atoms with Crippen LogP contribution in [0.5, 0.6) is 0 Å². The number of hydrogen-bond acceptors (Lipinski definition) is 3. The highest BCUT2D eigenvalue weighted by molar-refractivity contribution is 5.99. The third-order valence-electron chi connectivity index (χ3n) is 4.80. The van der Waals surface area contributed by atoms with E-state index >= 15 is 0 Å². The lowest BCUT2D eigenvalue weighted by atomic mass is 10.1. The summed E-state index contributed by atoms with van der Waals surface area (Å²) in [6.45, 7) is 4.63. The van der Waals surface area contributed by atoms with Gasteiger partial charge in [-0.2, -0.15) is 10.2 Å². The van der Waals surface area contributed by atoms with Crippen LogP contribution in [0.1, 0.15) is 36.5 Å². The second-order valence-electron chi connectivity index (χ2n) is 6.22. The molecule has 0 bridgehead atoms. The fraction of sp³-hybridized carbons (Fsp3) is 0.533. The molecule has 2 fully saturated rings. The first-order chi connectivity index (χ1) is 10.2. The Labute approximate surface area is 123 Å². The SMILES string of the molecule is CCn1cc(-c2[nH]ncc2C(=O)N2CCC3(CC3)C2)cn1. The number of nitrogens with one attached hydrogen (secondary N) is 1. The van der Waals surface area contributed by atoms with Gasteiger partial charge in [0.15, 0.2) is 0 Å². The summed E-state index contributed by atoms with van der Waals surface area (Å²) in [5, 5.41) is 11.3. The maximum absolute atomic E-state index is 12.7. The van der Waals surface area contributed by atoms with E-state index in [1.807, 2.05) is 22.7 Å². The van der Waals surface area contributed by atoms with E-state index < -0.39 is 0 Å². The third-order valence-corrected chi connectivity index (χ3v) is 4.80. The lowest BCUT2D eigenvalue weighted by Crippen LogP contribution is -2.29. The second-order valence-corrected chi connectivity index (χ2v) is 6.22. The molecule has 0 aromatic carbocycles. The first-order valence-electron chi connectivity index (χ1n) is 7.56. The Hall–Kier alpha value is -2.11. The summed E-state index contributed by atoms with van der Waals surface area (Å²) >= 11 is 0. The van der Waals surface area contributed by atoms with Crippen LogP contribution in [0.25, 0.3) is 11.3 Å². The van der Waals surface area contributed by atoms with Gasteiger partial charge in [-0.3, -0.25) is 14.6 Å². The smallest absolute Gasteiger partial charge is 0.257 e. The van der Waals surface area contributed by atoms with Crippen LogP contribution >= 0.6 is 0 Å². The van der Waals surface area contributed by atoms with Crippen LogP contribution in [0.15, 0.2) is 18.6 Å². The van der Waals surface area contributed by atoms with Crippen LogP contribution in [0, 0.1) is 5.41 Å². The monoisotopic (exact) mass is 285 g/mol. The van der Waals surface area contributed by atoms with Crippen LogP contribution in [-0.2, 0) is 6.54 Å². The number of aromatic nitrogens is 4. The van der Waals surface area contributed by atoms with E-state index in [0.717, 1.165) is 37.3 Å². The number of carbonyl (C=O) groups excluding carboxylic acids is 1. The van der Waals surface area contributed by atoms with E-state index in [1.165, 1.54) is 12.8 Å². The Kier molecular flexibility index (Phi) is 2.67. The fourth-order valence-electron chi connectivity index (χ4n) is 3.20. The highest BCUT2D eigenvalue weighted by atomic mass is 16.2. The minimum atomic E-state index is 0.0896. The molecule has 110 valence electrons. The fourth-order valence-corrected chi connectivity index (χ4v) is 3.20. The second kappa shape index (κ2) is 4.44. The molecule has 3 heterocycles. The summed E-state index contributed by atoms with van der Waals surface area (Å²) in [5.74, 6) is 0.0896. The highest BCUT2D eigenvalue weighted by Gasteiger charge is 2.49. The summed E-state index contributed by atoms with van der Waals surface area (Å²) in [6.07, 6.45) is 9.06. The molecule has 0 unspecified atom stereocenters. The van der Waals surface area contributed by atoms with E-state index in [-0.39, 0.29) is 5.91 Å². The molecule has 0 atom stereocenters. The van der Waals surface area contributed by atoms with Crippen molar-refractivity contribution < 1.29 is 4.79 Å². The first kappa shape index (κ1) is 12.6. The van der Waals surface area contributed by atoms with Crippen molar-refractivity contribution >= 4 is 5.91 Å². The lowest BCUT2D eigenvalue weighted by molar-refractivity contribution is 0.0786. The van der Waals surface area contributed by atoms with Crippen molar-refractivity contribution in [3.63, 3.8) is 0 Å². The van der Waals surface area contributed by atoms with Gasteiger partial charge in [0, 0.05) is 31.4 Å². The minimum Gasteiger partial charge on any atom is -0.338 e. The molecule has 6 heteroatoms. The summed E-state index contributed by atoms with van der Waals surface area (Å²) in [5.41, 5.74) is 2.80. The van der Waals surface area contributed by atoms with Crippen molar-refractivity contribution in [3.8, 4) is 11.3 Å². The number of H-pyrrole nitrogens is 1. The van der Waals surface area contributed by atoms with Crippen molar-refractivity contribution in [2.75, 3.05) is 13.1 Å². The zero-order valence-electron chi connectivity index (χ0n) is 12.2. The summed E-state index contributed by atoms with van der Waals surface area (Å²) < 4.78 is 1.85. The zero-order valence-corrected chi connectivity index (χ0v) is 12.2. The number of rotatable bonds is 3. The van der Waals surface area contributed by atoms with E-state index in [0.29, 0.717) is 11.0 Å². The minimum absolute atomic E-state index is 0.0896. The number of aromatic amines is 1. The van der Waals surface area contributed by atoms with Gasteiger partial charge in [-0.15, -0.1) is 0 Å². The molecule has 21 heavy (non-hydrogen) atoms. The largest absolute Gasteiger partial charge is 0.338 e. The van der Waals surface area contributed by atoms with E-state index in [9.17, 15) is 4.79 Å². The van der Waals surface area contributed by atoms with E-state index in [4.69, 9.17) is 0 Å². The number of nitrogens with zero attached hydrogens (tertiary/aromatic N) is 4. The van der Waals surface area contributed by atoms with Gasteiger partial charge in [0.1, 0.15) is 0 Å². The molecule has 1 N–H and O–H groups in total. The normalized spacial score (nSPS) is 19.4. The molecule has 2 aromatic rings. The summed E-state index contributed by atoms with van der Waals surface area (Å²) in [6, 6.07) is 0. The van der Waals surface area contributed by atoms with Crippen LogP contribution in [0.4, 0.5) is 0 Å².